The van der Waals surface area contributed by atoms with Crippen molar-refractivity contribution < 1.29 is 4.74 Å². The summed E-state index contributed by atoms with van der Waals surface area (Å²) in [5.74, 6) is 1.12. The minimum atomic E-state index is 0.298. The molecule has 0 aliphatic heterocycles. The number of nitrogens with one attached hydrogen (secondary N) is 1. The van der Waals surface area contributed by atoms with Gasteiger partial charge >= 0.3 is 0 Å². The first-order chi connectivity index (χ1) is 9.18. The van der Waals surface area contributed by atoms with Crippen LogP contribution in [0.1, 0.15) is 51.0 Å². The van der Waals surface area contributed by atoms with Gasteiger partial charge < -0.3 is 10.1 Å². The Balaban J connectivity index is 1.83. The Morgan fingerprint density at radius 2 is 2.11 bits per heavy atom. The SMILES string of the molecule is CC(C)c1c(Cl)ncnc1NCCOC1CCCC1. The van der Waals surface area contributed by atoms with Crippen molar-refractivity contribution in [1.29, 1.82) is 0 Å². The summed E-state index contributed by atoms with van der Waals surface area (Å²) in [6.07, 6.45) is 6.97. The molecular weight excluding hydrogens is 262 g/mol. The van der Waals surface area contributed by atoms with Gasteiger partial charge in [-0.05, 0) is 18.8 Å². The van der Waals surface area contributed by atoms with Gasteiger partial charge in [0.25, 0.3) is 0 Å². The zero-order chi connectivity index (χ0) is 13.7. The quantitative estimate of drug-likeness (QED) is 0.640. The minimum Gasteiger partial charge on any atom is -0.376 e. The molecule has 0 bridgehead atoms. The number of nitrogens with zero attached hydrogens (tertiary/aromatic N) is 2. The zero-order valence-corrected chi connectivity index (χ0v) is 12.4. The van der Waals surface area contributed by atoms with Gasteiger partial charge in [0.05, 0.1) is 12.7 Å². The summed E-state index contributed by atoms with van der Waals surface area (Å²) in [4.78, 5) is 8.30. The summed E-state index contributed by atoms with van der Waals surface area (Å²) < 4.78 is 5.82. The van der Waals surface area contributed by atoms with Gasteiger partial charge in [-0.1, -0.05) is 38.3 Å². The molecule has 1 aliphatic carbocycles. The molecule has 0 amide bonds. The monoisotopic (exact) mass is 283 g/mol. The molecule has 19 heavy (non-hydrogen) atoms. The van der Waals surface area contributed by atoms with Gasteiger partial charge in [-0.2, -0.15) is 0 Å². The van der Waals surface area contributed by atoms with Crippen LogP contribution in [-0.2, 0) is 4.74 Å². The topological polar surface area (TPSA) is 47.0 Å². The predicted molar refractivity (Wildman–Crippen MR) is 77.8 cm³/mol. The second-order valence-corrected chi connectivity index (χ2v) is 5.64. The molecule has 5 heteroatoms. The molecule has 1 saturated carbocycles. The van der Waals surface area contributed by atoms with Gasteiger partial charge in [0.15, 0.2) is 0 Å². The van der Waals surface area contributed by atoms with E-state index in [2.05, 4.69) is 29.1 Å². The molecule has 1 aromatic rings. The van der Waals surface area contributed by atoms with Crippen LogP contribution in [0.4, 0.5) is 5.82 Å². The fourth-order valence-electron chi connectivity index (χ4n) is 2.48. The normalized spacial score (nSPS) is 16.2. The molecule has 0 atom stereocenters. The average molecular weight is 284 g/mol. The highest BCUT2D eigenvalue weighted by molar-refractivity contribution is 6.30. The van der Waals surface area contributed by atoms with Crippen LogP contribution in [0.15, 0.2) is 6.33 Å². The molecule has 0 radical (unpaired) electrons. The fourth-order valence-corrected chi connectivity index (χ4v) is 2.83. The smallest absolute Gasteiger partial charge is 0.138 e. The van der Waals surface area contributed by atoms with Gasteiger partial charge in [-0.25, -0.2) is 9.97 Å². The Morgan fingerprint density at radius 3 is 2.79 bits per heavy atom. The summed E-state index contributed by atoms with van der Waals surface area (Å²) in [7, 11) is 0. The average Bonchev–Trinajstić information content (AvgIpc) is 2.87. The third kappa shape index (κ3) is 4.05. The maximum atomic E-state index is 6.12. The number of halogens is 1. The van der Waals surface area contributed by atoms with Crippen LogP contribution >= 0.6 is 11.6 Å². The van der Waals surface area contributed by atoms with E-state index in [9.17, 15) is 0 Å². The number of ether oxygens (including phenoxy) is 1. The van der Waals surface area contributed by atoms with Crippen LogP contribution in [0.5, 0.6) is 0 Å². The number of anilines is 1. The number of rotatable bonds is 6. The van der Waals surface area contributed by atoms with Crippen molar-refractivity contribution >= 4 is 17.4 Å². The molecule has 0 spiro atoms. The summed E-state index contributed by atoms with van der Waals surface area (Å²) >= 11 is 6.12. The van der Waals surface area contributed by atoms with Crippen LogP contribution in [0.3, 0.4) is 0 Å². The number of hydrogen-bond acceptors (Lipinski definition) is 4. The van der Waals surface area contributed by atoms with Crippen molar-refractivity contribution in [2.75, 3.05) is 18.5 Å². The predicted octanol–water partition coefficient (Wildman–Crippen LogP) is 3.62. The van der Waals surface area contributed by atoms with Crippen LogP contribution in [0.25, 0.3) is 0 Å². The second kappa shape index (κ2) is 7.06. The molecular formula is C14H22ClN3O. The molecule has 1 N–H and O–H groups in total. The molecule has 1 aromatic heterocycles. The van der Waals surface area contributed by atoms with Crippen molar-refractivity contribution in [1.82, 2.24) is 9.97 Å². The van der Waals surface area contributed by atoms with E-state index in [0.717, 1.165) is 17.9 Å². The third-order valence-corrected chi connectivity index (χ3v) is 3.76. The van der Waals surface area contributed by atoms with E-state index in [1.165, 1.54) is 32.0 Å². The van der Waals surface area contributed by atoms with Crippen LogP contribution < -0.4 is 5.32 Å². The van der Waals surface area contributed by atoms with Gasteiger partial charge in [0.1, 0.15) is 17.3 Å². The lowest BCUT2D eigenvalue weighted by atomic mass is 10.1. The first kappa shape index (κ1) is 14.5. The molecule has 0 saturated heterocycles. The summed E-state index contributed by atoms with van der Waals surface area (Å²) in [6.45, 7) is 5.64. The number of hydrogen-bond donors (Lipinski definition) is 1. The van der Waals surface area contributed by atoms with Gasteiger partial charge in [-0.3, -0.25) is 0 Å². The van der Waals surface area contributed by atoms with E-state index in [-0.39, 0.29) is 0 Å². The molecule has 4 nitrogen and oxygen atoms in total. The van der Waals surface area contributed by atoms with Crippen LogP contribution in [-0.4, -0.2) is 29.2 Å². The van der Waals surface area contributed by atoms with Gasteiger partial charge in [-0.15, -0.1) is 0 Å². The Hall–Kier alpha value is -0.870. The highest BCUT2D eigenvalue weighted by atomic mass is 35.5. The lowest BCUT2D eigenvalue weighted by Crippen LogP contribution is -2.17. The van der Waals surface area contributed by atoms with E-state index < -0.39 is 0 Å². The minimum absolute atomic E-state index is 0.298. The molecule has 106 valence electrons. The summed E-state index contributed by atoms with van der Waals surface area (Å²) in [6, 6.07) is 0. The van der Waals surface area contributed by atoms with Crippen molar-refractivity contribution in [3.05, 3.63) is 17.0 Å². The zero-order valence-electron chi connectivity index (χ0n) is 11.7. The highest BCUT2D eigenvalue weighted by Gasteiger charge is 2.16. The highest BCUT2D eigenvalue weighted by Crippen LogP contribution is 2.27. The molecule has 1 aliphatic rings. The fraction of sp³-hybridized carbons (Fsp3) is 0.714. The molecule has 1 heterocycles. The molecule has 0 aromatic carbocycles. The van der Waals surface area contributed by atoms with Crippen LogP contribution in [0.2, 0.25) is 5.15 Å². The van der Waals surface area contributed by atoms with Crippen molar-refractivity contribution in [2.24, 2.45) is 0 Å². The van der Waals surface area contributed by atoms with E-state index in [0.29, 0.717) is 23.8 Å². The van der Waals surface area contributed by atoms with Crippen molar-refractivity contribution in [3.8, 4) is 0 Å². The first-order valence-electron chi connectivity index (χ1n) is 7.04. The Morgan fingerprint density at radius 1 is 1.37 bits per heavy atom. The van der Waals surface area contributed by atoms with E-state index in [1.807, 2.05) is 0 Å². The van der Waals surface area contributed by atoms with Gasteiger partial charge in [0.2, 0.25) is 0 Å². The van der Waals surface area contributed by atoms with Crippen LogP contribution in [0, 0.1) is 0 Å². The maximum absolute atomic E-state index is 6.12. The first-order valence-corrected chi connectivity index (χ1v) is 7.42. The molecule has 1 fully saturated rings. The lowest BCUT2D eigenvalue weighted by molar-refractivity contribution is 0.0658. The van der Waals surface area contributed by atoms with E-state index in [4.69, 9.17) is 16.3 Å². The Bertz CT molecular complexity index is 406. The lowest BCUT2D eigenvalue weighted by Gasteiger charge is -2.15. The largest absolute Gasteiger partial charge is 0.376 e. The third-order valence-electron chi connectivity index (χ3n) is 3.46. The summed E-state index contributed by atoms with van der Waals surface area (Å²) in [5.41, 5.74) is 0.977. The summed E-state index contributed by atoms with van der Waals surface area (Å²) in [5, 5.41) is 3.83. The molecule has 2 rings (SSSR count). The van der Waals surface area contributed by atoms with Gasteiger partial charge in [0, 0.05) is 12.1 Å². The van der Waals surface area contributed by atoms with E-state index >= 15 is 0 Å². The Labute approximate surface area is 119 Å². The van der Waals surface area contributed by atoms with E-state index in [1.54, 1.807) is 0 Å². The molecule has 0 unspecified atom stereocenters. The second-order valence-electron chi connectivity index (χ2n) is 5.29. The van der Waals surface area contributed by atoms with Crippen molar-refractivity contribution in [2.45, 2.75) is 51.6 Å². The number of aromatic nitrogens is 2. The standard InChI is InChI=1S/C14H22ClN3O/c1-10(2)12-13(15)17-9-18-14(12)16-7-8-19-11-5-3-4-6-11/h9-11H,3-8H2,1-2H3,(H,16,17,18). The maximum Gasteiger partial charge on any atom is 0.138 e. The Kier molecular flexibility index (Phi) is 5.40. The van der Waals surface area contributed by atoms with Crippen molar-refractivity contribution in [3.63, 3.8) is 0 Å².